The highest BCUT2D eigenvalue weighted by molar-refractivity contribution is 5.91. The van der Waals surface area contributed by atoms with Crippen molar-refractivity contribution < 1.29 is 5.11 Å². The number of phenolic OH excluding ortho intramolecular Hbond substituents is 1. The van der Waals surface area contributed by atoms with Gasteiger partial charge in [0, 0.05) is 17.3 Å². The van der Waals surface area contributed by atoms with Crippen molar-refractivity contribution >= 4 is 10.8 Å². The summed E-state index contributed by atoms with van der Waals surface area (Å²) in [6, 6.07) is 11.9. The topological polar surface area (TPSA) is 46.2 Å². The van der Waals surface area contributed by atoms with Gasteiger partial charge in [0.15, 0.2) is 0 Å². The second-order valence-corrected chi connectivity index (χ2v) is 5.02. The molecule has 1 saturated carbocycles. The van der Waals surface area contributed by atoms with Crippen LogP contribution in [-0.4, -0.2) is 11.7 Å². The lowest BCUT2D eigenvalue weighted by molar-refractivity contribution is 0.255. The van der Waals surface area contributed by atoms with E-state index in [1.165, 1.54) is 12.0 Å². The van der Waals surface area contributed by atoms with Crippen LogP contribution in [0.25, 0.3) is 10.8 Å². The number of hydrogen-bond donors (Lipinski definition) is 2. The molecule has 0 aromatic heterocycles. The summed E-state index contributed by atoms with van der Waals surface area (Å²) in [6.07, 6.45) is 3.59. The SMILES string of the molecule is NCC1(c2cccc3c(O)cccc23)CCC1. The van der Waals surface area contributed by atoms with Crippen LogP contribution in [0.5, 0.6) is 5.75 Å². The van der Waals surface area contributed by atoms with Crippen molar-refractivity contribution in [2.24, 2.45) is 5.73 Å². The molecule has 2 aromatic rings. The van der Waals surface area contributed by atoms with Gasteiger partial charge in [-0.3, -0.25) is 0 Å². The van der Waals surface area contributed by atoms with Crippen molar-refractivity contribution in [2.45, 2.75) is 24.7 Å². The molecule has 17 heavy (non-hydrogen) atoms. The van der Waals surface area contributed by atoms with Crippen LogP contribution in [0, 0.1) is 0 Å². The number of fused-ring (bicyclic) bond motifs is 1. The minimum absolute atomic E-state index is 0.146. The van der Waals surface area contributed by atoms with Crippen LogP contribution < -0.4 is 5.73 Å². The third-order valence-corrected chi connectivity index (χ3v) is 4.17. The first-order chi connectivity index (χ1) is 8.27. The summed E-state index contributed by atoms with van der Waals surface area (Å²) in [4.78, 5) is 0. The predicted molar refractivity (Wildman–Crippen MR) is 70.2 cm³/mol. The van der Waals surface area contributed by atoms with Gasteiger partial charge in [-0.1, -0.05) is 36.8 Å². The molecule has 1 aliphatic carbocycles. The van der Waals surface area contributed by atoms with Gasteiger partial charge in [0.25, 0.3) is 0 Å². The Morgan fingerprint density at radius 1 is 1.06 bits per heavy atom. The van der Waals surface area contributed by atoms with Gasteiger partial charge in [-0.15, -0.1) is 0 Å². The Labute approximate surface area is 101 Å². The van der Waals surface area contributed by atoms with E-state index >= 15 is 0 Å². The molecule has 2 aromatic carbocycles. The van der Waals surface area contributed by atoms with Crippen molar-refractivity contribution in [1.82, 2.24) is 0 Å². The molecule has 1 fully saturated rings. The quantitative estimate of drug-likeness (QED) is 0.828. The first kappa shape index (κ1) is 10.6. The largest absolute Gasteiger partial charge is 0.507 e. The molecule has 0 saturated heterocycles. The van der Waals surface area contributed by atoms with Crippen LogP contribution in [0.3, 0.4) is 0 Å². The molecule has 0 heterocycles. The summed E-state index contributed by atoms with van der Waals surface area (Å²) in [5, 5.41) is 12.0. The maximum Gasteiger partial charge on any atom is 0.123 e. The molecule has 0 amide bonds. The summed E-state index contributed by atoms with van der Waals surface area (Å²) in [7, 11) is 0. The maximum absolute atomic E-state index is 9.89. The molecule has 0 spiro atoms. The molecule has 0 radical (unpaired) electrons. The molecule has 88 valence electrons. The number of aromatic hydroxyl groups is 1. The fourth-order valence-corrected chi connectivity index (χ4v) is 2.94. The standard InChI is InChI=1S/C15H17NO/c16-10-15(8-3-9-15)13-6-1-5-12-11(13)4-2-7-14(12)17/h1-2,4-7,17H,3,8-10,16H2. The van der Waals surface area contributed by atoms with Gasteiger partial charge in [-0.2, -0.15) is 0 Å². The molecular weight excluding hydrogens is 210 g/mol. The van der Waals surface area contributed by atoms with E-state index in [0.717, 1.165) is 23.6 Å². The second kappa shape index (κ2) is 3.74. The van der Waals surface area contributed by atoms with E-state index in [0.29, 0.717) is 12.3 Å². The van der Waals surface area contributed by atoms with E-state index in [2.05, 4.69) is 12.1 Å². The van der Waals surface area contributed by atoms with Gasteiger partial charge < -0.3 is 10.8 Å². The zero-order chi connectivity index (χ0) is 11.9. The van der Waals surface area contributed by atoms with Crippen LogP contribution in [0.2, 0.25) is 0 Å². The molecular formula is C15H17NO. The third kappa shape index (κ3) is 1.44. The lowest BCUT2D eigenvalue weighted by Gasteiger charge is -2.42. The van der Waals surface area contributed by atoms with Gasteiger partial charge in [0.05, 0.1) is 0 Å². The number of hydrogen-bond acceptors (Lipinski definition) is 2. The fourth-order valence-electron chi connectivity index (χ4n) is 2.94. The lowest BCUT2D eigenvalue weighted by atomic mass is 9.63. The smallest absolute Gasteiger partial charge is 0.123 e. The highest BCUT2D eigenvalue weighted by Crippen LogP contribution is 2.46. The van der Waals surface area contributed by atoms with E-state index in [1.54, 1.807) is 6.07 Å². The summed E-state index contributed by atoms with van der Waals surface area (Å²) >= 11 is 0. The number of nitrogens with two attached hydrogens (primary N) is 1. The average Bonchev–Trinajstić information content (AvgIpc) is 2.30. The minimum Gasteiger partial charge on any atom is -0.507 e. The van der Waals surface area contributed by atoms with E-state index < -0.39 is 0 Å². The summed E-state index contributed by atoms with van der Waals surface area (Å²) in [5.41, 5.74) is 7.42. The first-order valence-corrected chi connectivity index (χ1v) is 6.18. The Bertz CT molecular complexity index is 552. The zero-order valence-electron chi connectivity index (χ0n) is 9.82. The van der Waals surface area contributed by atoms with Gasteiger partial charge in [0.2, 0.25) is 0 Å². The van der Waals surface area contributed by atoms with Crippen molar-refractivity contribution in [2.75, 3.05) is 6.54 Å². The van der Waals surface area contributed by atoms with Gasteiger partial charge in [0.1, 0.15) is 5.75 Å². The summed E-state index contributed by atoms with van der Waals surface area (Å²) in [5.74, 6) is 0.357. The Hall–Kier alpha value is -1.54. The molecule has 1 aliphatic rings. The highest BCUT2D eigenvalue weighted by atomic mass is 16.3. The second-order valence-electron chi connectivity index (χ2n) is 5.02. The molecule has 0 aliphatic heterocycles. The highest BCUT2D eigenvalue weighted by Gasteiger charge is 2.38. The molecule has 2 heteroatoms. The number of rotatable bonds is 2. The first-order valence-electron chi connectivity index (χ1n) is 6.18. The summed E-state index contributed by atoms with van der Waals surface area (Å²) < 4.78 is 0. The molecule has 3 N–H and O–H groups in total. The Balaban J connectivity index is 2.26. The van der Waals surface area contributed by atoms with Gasteiger partial charge in [-0.05, 0) is 29.9 Å². The minimum atomic E-state index is 0.146. The van der Waals surface area contributed by atoms with Crippen LogP contribution >= 0.6 is 0 Å². The zero-order valence-corrected chi connectivity index (χ0v) is 9.82. The Morgan fingerprint density at radius 3 is 2.41 bits per heavy atom. The predicted octanol–water partition coefficient (Wildman–Crippen LogP) is 2.93. The Morgan fingerprint density at radius 2 is 1.76 bits per heavy atom. The van der Waals surface area contributed by atoms with E-state index in [4.69, 9.17) is 5.73 Å². The number of benzene rings is 2. The normalized spacial score (nSPS) is 17.9. The van der Waals surface area contributed by atoms with Crippen LogP contribution in [0.1, 0.15) is 24.8 Å². The molecule has 0 unspecified atom stereocenters. The molecule has 2 nitrogen and oxygen atoms in total. The van der Waals surface area contributed by atoms with Crippen molar-refractivity contribution in [3.63, 3.8) is 0 Å². The molecule has 0 atom stereocenters. The van der Waals surface area contributed by atoms with Gasteiger partial charge >= 0.3 is 0 Å². The fraction of sp³-hybridized carbons (Fsp3) is 0.333. The van der Waals surface area contributed by atoms with E-state index in [-0.39, 0.29) is 5.41 Å². The van der Waals surface area contributed by atoms with E-state index in [9.17, 15) is 5.11 Å². The maximum atomic E-state index is 9.89. The lowest BCUT2D eigenvalue weighted by Crippen LogP contribution is -2.41. The average molecular weight is 227 g/mol. The summed E-state index contributed by atoms with van der Waals surface area (Å²) in [6.45, 7) is 0.696. The molecule has 0 bridgehead atoms. The molecule has 3 rings (SSSR count). The Kier molecular flexibility index (Phi) is 2.33. The van der Waals surface area contributed by atoms with Crippen LogP contribution in [0.4, 0.5) is 0 Å². The van der Waals surface area contributed by atoms with Crippen molar-refractivity contribution in [1.29, 1.82) is 0 Å². The van der Waals surface area contributed by atoms with E-state index in [1.807, 2.05) is 18.2 Å². The third-order valence-electron chi connectivity index (χ3n) is 4.17. The monoisotopic (exact) mass is 227 g/mol. The van der Waals surface area contributed by atoms with Crippen LogP contribution in [-0.2, 0) is 5.41 Å². The van der Waals surface area contributed by atoms with Crippen molar-refractivity contribution in [3.8, 4) is 5.75 Å². The van der Waals surface area contributed by atoms with Gasteiger partial charge in [-0.25, -0.2) is 0 Å². The number of phenols is 1. The van der Waals surface area contributed by atoms with Crippen molar-refractivity contribution in [3.05, 3.63) is 42.0 Å². The van der Waals surface area contributed by atoms with Crippen LogP contribution in [0.15, 0.2) is 36.4 Å².